The number of amides is 7. The second-order valence-corrected chi connectivity index (χ2v) is 30.3. The summed E-state index contributed by atoms with van der Waals surface area (Å²) >= 11 is 0. The standard InChI is InChI=1S/C24H31N3O7.C19H24N2O3.C16H18F2N2O4S.C16H20N2O4S.CH4/c1-14-10-11-15(20(29)25-14)12-16(28)13-19(27-23(32)34-24(2,3)4)21(30)26-18-9-7-6-8-17(18)22(31)33-5;1-12(2)15(11-17(22)14-7-5-4-6-8-14)18(23)21-16-10-9-13(3)20-19(16)24;1-10-5-6-13(14(21)9-10)20-15(22)7-8-19-25(23,24)16-11(17)3-2-4-12(16)18;1-12-7-8-14(15(19)11-12)18-16(20)9-10-17-23(21,22)13-5-3-2-4-6-13;/h6-9,15,19H,1,10-13H2,2-5H3,(H,25,29)(H,26,30)(H,27,32);4-8,12,15-16H,3,9-11H2,1-2H3,(H,20,24)(H,21,23);2-4,13,19H,1,5-9H2,(H,20,22);2-6,14,17H,1,7-11H2,(H,18,20);1H4/t15?,19-;15-,16?;;;/m00.../s1. The van der Waals surface area contributed by atoms with Gasteiger partial charge in [0.25, 0.3) is 0 Å². The molecule has 4 aromatic carbocycles. The number of alkyl carbamates (subject to hydrolysis) is 1. The number of sulfonamides is 2. The number of benzene rings is 4. The van der Waals surface area contributed by atoms with E-state index in [1.807, 2.05) is 24.6 Å². The average Bonchev–Trinajstić information content (AvgIpc) is 0.814. The van der Waals surface area contributed by atoms with Crippen LogP contribution in [0.3, 0.4) is 0 Å². The molecule has 4 unspecified atom stereocenters. The Morgan fingerprint density at radius 2 is 1.09 bits per heavy atom. The predicted octanol–water partition coefficient (Wildman–Crippen LogP) is 8.35. The van der Waals surface area contributed by atoms with Gasteiger partial charge in [-0.25, -0.2) is 44.6 Å². The van der Waals surface area contributed by atoms with Crippen LogP contribution in [-0.2, 0) is 72.7 Å². The Hall–Kier alpha value is -10.2. The number of nitrogens with one attached hydrogen (secondary N) is 9. The number of methoxy groups -OCH3 is 1. The first-order chi connectivity index (χ1) is 49.9. The van der Waals surface area contributed by atoms with E-state index in [-0.39, 0.29) is 128 Å². The topological polar surface area (TPSA) is 400 Å². The molecule has 27 nitrogen and oxygen atoms in total. The van der Waals surface area contributed by atoms with E-state index < -0.39 is 102 Å². The van der Waals surface area contributed by atoms with Crippen LogP contribution in [0.5, 0.6) is 0 Å². The van der Waals surface area contributed by atoms with E-state index in [4.69, 9.17) is 9.47 Å². The van der Waals surface area contributed by atoms with Gasteiger partial charge in [0.1, 0.15) is 35.1 Å². The van der Waals surface area contributed by atoms with Crippen LogP contribution in [0.2, 0.25) is 0 Å². The van der Waals surface area contributed by atoms with Crippen LogP contribution in [0.4, 0.5) is 19.3 Å². The molecule has 4 fully saturated rings. The highest BCUT2D eigenvalue weighted by Gasteiger charge is 2.35. The molecule has 0 bridgehead atoms. The first-order valence-corrected chi connectivity index (χ1v) is 37.1. The molecule has 580 valence electrons. The monoisotopic (exact) mass is 1530 g/mol. The second kappa shape index (κ2) is 42.2. The van der Waals surface area contributed by atoms with Crippen LogP contribution in [0, 0.1) is 29.4 Å². The lowest BCUT2D eigenvalue weighted by Crippen LogP contribution is -2.51. The number of ketones is 4. The van der Waals surface area contributed by atoms with Gasteiger partial charge >= 0.3 is 12.1 Å². The summed E-state index contributed by atoms with van der Waals surface area (Å²) in [5.41, 5.74) is 3.02. The Kier molecular flexibility index (Phi) is 35.2. The first kappa shape index (κ1) is 89.2. The van der Waals surface area contributed by atoms with Crippen LogP contribution >= 0.6 is 0 Å². The Morgan fingerprint density at radius 3 is 1.60 bits per heavy atom. The predicted molar refractivity (Wildman–Crippen MR) is 395 cm³/mol. The summed E-state index contributed by atoms with van der Waals surface area (Å²) < 4.78 is 89.2. The van der Waals surface area contributed by atoms with Crippen molar-refractivity contribution < 1.29 is 92.6 Å². The Balaban J connectivity index is 0.000000304. The molecule has 4 aliphatic rings. The number of rotatable bonds is 26. The van der Waals surface area contributed by atoms with Gasteiger partial charge in [-0.2, -0.15) is 0 Å². The highest BCUT2D eigenvalue weighted by Crippen LogP contribution is 2.26. The number of Topliss-reactive ketones (excluding diaryl/α,β-unsaturated/α-hetero) is 4. The first-order valence-electron chi connectivity index (χ1n) is 34.2. The second-order valence-electron chi connectivity index (χ2n) is 26.8. The smallest absolute Gasteiger partial charge is 0.408 e. The number of esters is 1. The number of ether oxygens (including phenoxy) is 2. The minimum atomic E-state index is -4.43. The van der Waals surface area contributed by atoms with Crippen LogP contribution in [0.25, 0.3) is 0 Å². The van der Waals surface area contributed by atoms with Gasteiger partial charge in [-0.3, -0.25) is 47.9 Å². The summed E-state index contributed by atoms with van der Waals surface area (Å²) in [7, 11) is -6.83. The van der Waals surface area contributed by atoms with Crippen molar-refractivity contribution in [3.63, 3.8) is 0 Å². The zero-order valence-electron chi connectivity index (χ0n) is 60.1. The number of halogens is 2. The highest BCUT2D eigenvalue weighted by atomic mass is 32.2. The van der Waals surface area contributed by atoms with E-state index >= 15 is 0 Å². The van der Waals surface area contributed by atoms with Gasteiger partial charge < -0.3 is 46.7 Å². The fraction of sp³-hybridized carbons (Fsp3) is 0.421. The molecule has 31 heteroatoms. The van der Waals surface area contributed by atoms with E-state index in [9.17, 15) is 83.2 Å². The molecule has 8 rings (SSSR count). The van der Waals surface area contributed by atoms with Crippen LogP contribution in [0.1, 0.15) is 159 Å². The van der Waals surface area contributed by atoms with Crippen LogP contribution in [0.15, 0.2) is 162 Å². The molecule has 0 radical (unpaired) electrons. The molecule has 2 saturated heterocycles. The van der Waals surface area contributed by atoms with E-state index in [0.29, 0.717) is 68.3 Å². The molecule has 7 amide bonds. The van der Waals surface area contributed by atoms with Gasteiger partial charge in [-0.05, 0) is 114 Å². The molecular formula is C76H97F2N9O18S2. The summed E-state index contributed by atoms with van der Waals surface area (Å²) in [5.74, 6) is -7.10. The summed E-state index contributed by atoms with van der Waals surface area (Å²) in [5, 5.41) is 18.2. The summed E-state index contributed by atoms with van der Waals surface area (Å²) in [6.45, 7) is 23.4. The minimum absolute atomic E-state index is 0. The van der Waals surface area contributed by atoms with Gasteiger partial charge in [0.05, 0.1) is 35.3 Å². The quantitative estimate of drug-likeness (QED) is 0.0162. The summed E-state index contributed by atoms with van der Waals surface area (Å²) in [6.07, 6.45) is 3.61. The maximum Gasteiger partial charge on any atom is 0.408 e. The third-order valence-electron chi connectivity index (χ3n) is 16.7. The highest BCUT2D eigenvalue weighted by molar-refractivity contribution is 7.89. The maximum absolute atomic E-state index is 13.5. The van der Waals surface area contributed by atoms with Crippen molar-refractivity contribution in [2.24, 2.45) is 17.8 Å². The SMILES string of the molecule is C.C=C1CCC(CC(=O)C[C@H](NC(=O)OC(C)(C)C)C(=O)Nc2ccccc2C(=O)OC)C(=O)N1.C=C1CCC(NC(=O)CCNS(=O)(=O)c2c(F)cccc2F)C(=O)C1.C=C1CCC(NC(=O)CCNS(=O)(=O)c2ccccc2)C(=O)C1.C=C1CCC(NC(=O)[C@@H](CC(=O)c2ccccc2)C(C)C)C(=O)N1. The summed E-state index contributed by atoms with van der Waals surface area (Å²) in [6, 6.07) is 22.8. The van der Waals surface area contributed by atoms with E-state index in [2.05, 4.69) is 68.3 Å². The van der Waals surface area contributed by atoms with Crippen molar-refractivity contribution in [1.82, 2.24) is 41.3 Å². The maximum atomic E-state index is 13.5. The molecule has 107 heavy (non-hydrogen) atoms. The fourth-order valence-corrected chi connectivity index (χ4v) is 13.2. The van der Waals surface area contributed by atoms with E-state index in [1.54, 1.807) is 75.4 Å². The lowest BCUT2D eigenvalue weighted by atomic mass is 9.87. The molecule has 6 atom stereocenters. The van der Waals surface area contributed by atoms with E-state index in [1.165, 1.54) is 31.4 Å². The van der Waals surface area contributed by atoms with Crippen molar-refractivity contribution in [1.29, 1.82) is 0 Å². The normalized spacial score (nSPS) is 17.8. The molecule has 0 spiro atoms. The Bertz CT molecular complexity index is 4170. The zero-order chi connectivity index (χ0) is 78.6. The number of piperidine rings is 2. The fourth-order valence-electron chi connectivity index (χ4n) is 11.0. The number of carbonyl (C=O) groups excluding carboxylic acids is 12. The molecule has 2 heterocycles. The van der Waals surface area contributed by atoms with Crippen molar-refractivity contribution in [2.45, 2.75) is 178 Å². The lowest BCUT2D eigenvalue weighted by Gasteiger charge is -2.27. The lowest BCUT2D eigenvalue weighted by molar-refractivity contribution is -0.132. The third-order valence-corrected chi connectivity index (χ3v) is 19.7. The number of hydrogen-bond acceptors (Lipinski definition) is 18. The Labute approximate surface area is 623 Å². The van der Waals surface area contributed by atoms with Gasteiger partial charge in [-0.15, -0.1) is 0 Å². The van der Waals surface area contributed by atoms with Gasteiger partial charge in [0.2, 0.25) is 55.5 Å². The zero-order valence-corrected chi connectivity index (χ0v) is 61.8. The van der Waals surface area contributed by atoms with Gasteiger partial charge in [-0.1, -0.05) is 125 Å². The molecule has 2 saturated carbocycles. The van der Waals surface area contributed by atoms with Gasteiger partial charge in [0.15, 0.2) is 22.2 Å². The van der Waals surface area contributed by atoms with E-state index in [0.717, 1.165) is 35.8 Å². The number of hydrogen-bond donors (Lipinski definition) is 9. The molecule has 9 N–H and O–H groups in total. The molecule has 2 aliphatic heterocycles. The minimum Gasteiger partial charge on any atom is -0.465 e. The molecular weight excluding hydrogens is 1430 g/mol. The van der Waals surface area contributed by atoms with Crippen molar-refractivity contribution in [3.05, 3.63) is 175 Å². The van der Waals surface area contributed by atoms with Crippen molar-refractivity contribution in [3.8, 4) is 0 Å². The summed E-state index contributed by atoms with van der Waals surface area (Å²) in [4.78, 5) is 145. The average molecular weight is 1530 g/mol. The number of anilines is 1. The molecule has 2 aliphatic carbocycles. The molecule has 4 aromatic rings. The van der Waals surface area contributed by atoms with Crippen molar-refractivity contribution >= 4 is 96.4 Å². The number of carbonyl (C=O) groups is 12. The number of para-hydroxylation sites is 1. The van der Waals surface area contributed by atoms with Gasteiger partial charge in [0, 0.05) is 86.8 Å². The largest absolute Gasteiger partial charge is 0.465 e. The van der Waals surface area contributed by atoms with Crippen molar-refractivity contribution in [2.75, 3.05) is 25.5 Å². The van der Waals surface area contributed by atoms with Crippen LogP contribution in [-0.4, -0.2) is 137 Å². The van der Waals surface area contributed by atoms with Crippen LogP contribution < -0.4 is 46.7 Å². The Morgan fingerprint density at radius 1 is 0.598 bits per heavy atom. The number of allylic oxidation sites excluding steroid dienone is 4. The molecule has 0 aromatic heterocycles. The third kappa shape index (κ3) is 29.9.